The van der Waals surface area contributed by atoms with Gasteiger partial charge in [-0.2, -0.15) is 9.97 Å². The van der Waals surface area contributed by atoms with E-state index in [1.807, 2.05) is 6.07 Å². The monoisotopic (exact) mass is 727 g/mol. The molecule has 3 heterocycles. The summed E-state index contributed by atoms with van der Waals surface area (Å²) in [7, 11) is 0. The molecule has 4 aliphatic rings. The first-order valence-corrected chi connectivity index (χ1v) is 20.6. The molecule has 2 saturated carbocycles. The van der Waals surface area contributed by atoms with Crippen molar-refractivity contribution < 1.29 is 0 Å². The molecule has 0 N–H and O–H groups in total. The van der Waals surface area contributed by atoms with Gasteiger partial charge in [0.05, 0.1) is 28.4 Å². The smallest absolute Gasteiger partial charge is 0.238 e. The van der Waals surface area contributed by atoms with Gasteiger partial charge in [0.2, 0.25) is 5.95 Å². The van der Waals surface area contributed by atoms with Crippen LogP contribution >= 0.6 is 0 Å². The molecule has 1 aromatic heterocycles. The third-order valence-corrected chi connectivity index (χ3v) is 13.3. The second-order valence-electron chi connectivity index (χ2n) is 16.2. The molecule has 0 saturated heterocycles. The number of benzene rings is 6. The first kappa shape index (κ1) is 33.3. The number of anilines is 6. The van der Waals surface area contributed by atoms with Gasteiger partial charge in [-0.3, -0.25) is 4.90 Å². The van der Waals surface area contributed by atoms with Crippen LogP contribution in [0.25, 0.3) is 22.8 Å². The summed E-state index contributed by atoms with van der Waals surface area (Å²) in [5, 5.41) is 0. The fraction of sp³-hybridized carbons (Fsp3) is 0.235. The van der Waals surface area contributed by atoms with E-state index in [2.05, 4.69) is 155 Å². The summed E-state index contributed by atoms with van der Waals surface area (Å²) in [5.41, 5.74) is 13.4. The fourth-order valence-corrected chi connectivity index (χ4v) is 10.9. The summed E-state index contributed by atoms with van der Waals surface area (Å²) < 4.78 is 0. The van der Waals surface area contributed by atoms with Crippen LogP contribution < -0.4 is 9.80 Å². The first-order chi connectivity index (χ1) is 27.8. The Morgan fingerprint density at radius 2 is 0.732 bits per heavy atom. The van der Waals surface area contributed by atoms with Crippen molar-refractivity contribution >= 4 is 34.4 Å². The average molecular weight is 728 g/mol. The number of nitrogens with zero attached hydrogens (tertiary/aromatic N) is 5. The molecule has 0 atom stereocenters. The van der Waals surface area contributed by atoms with E-state index in [0.717, 1.165) is 41.0 Å². The average Bonchev–Trinajstić information content (AvgIpc) is 3.28. The maximum atomic E-state index is 5.51. The maximum absolute atomic E-state index is 5.51. The molecule has 2 spiro atoms. The lowest BCUT2D eigenvalue weighted by atomic mass is 9.62. The molecule has 5 nitrogen and oxygen atoms in total. The highest BCUT2D eigenvalue weighted by atomic mass is 15.3. The molecule has 56 heavy (non-hydrogen) atoms. The molecule has 5 heteroatoms. The summed E-state index contributed by atoms with van der Waals surface area (Å²) in [5.74, 6) is 1.95. The van der Waals surface area contributed by atoms with Gasteiger partial charge in [-0.25, -0.2) is 4.98 Å². The van der Waals surface area contributed by atoms with Crippen molar-refractivity contribution in [3.63, 3.8) is 0 Å². The lowest BCUT2D eigenvalue weighted by molar-refractivity contribution is 0.344. The third kappa shape index (κ3) is 5.03. The van der Waals surface area contributed by atoms with Crippen molar-refractivity contribution in [1.82, 2.24) is 15.0 Å². The zero-order valence-corrected chi connectivity index (χ0v) is 31.7. The van der Waals surface area contributed by atoms with Gasteiger partial charge in [0.15, 0.2) is 11.6 Å². The Labute approximate surface area is 329 Å². The van der Waals surface area contributed by atoms with Crippen LogP contribution in [0.5, 0.6) is 0 Å². The topological polar surface area (TPSA) is 45.2 Å². The molecule has 2 aliphatic carbocycles. The zero-order chi connectivity index (χ0) is 37.1. The molecule has 2 aliphatic heterocycles. The van der Waals surface area contributed by atoms with Crippen molar-refractivity contribution in [1.29, 1.82) is 0 Å². The van der Waals surface area contributed by atoms with E-state index < -0.39 is 0 Å². The quantitative estimate of drug-likeness (QED) is 0.181. The third-order valence-electron chi connectivity index (χ3n) is 13.3. The Bertz CT molecular complexity index is 2480. The highest BCUT2D eigenvalue weighted by molar-refractivity contribution is 5.92. The lowest BCUT2D eigenvalue weighted by Gasteiger charge is -2.47. The van der Waals surface area contributed by atoms with Crippen molar-refractivity contribution in [2.24, 2.45) is 0 Å². The van der Waals surface area contributed by atoms with Crippen molar-refractivity contribution in [3.05, 3.63) is 174 Å². The predicted molar refractivity (Wildman–Crippen MR) is 228 cm³/mol. The van der Waals surface area contributed by atoms with E-state index in [1.54, 1.807) is 0 Å². The number of rotatable bonds is 4. The fourth-order valence-electron chi connectivity index (χ4n) is 10.9. The van der Waals surface area contributed by atoms with E-state index in [4.69, 9.17) is 15.0 Å². The minimum atomic E-state index is -0.0165. The number of aromatic nitrogens is 3. The van der Waals surface area contributed by atoms with Crippen LogP contribution in [-0.2, 0) is 10.8 Å². The Morgan fingerprint density at radius 1 is 0.339 bits per heavy atom. The summed E-state index contributed by atoms with van der Waals surface area (Å²) in [6, 6.07) is 55.3. The van der Waals surface area contributed by atoms with Gasteiger partial charge in [0, 0.05) is 22.0 Å². The Morgan fingerprint density at radius 3 is 1.23 bits per heavy atom. The van der Waals surface area contributed by atoms with E-state index in [0.29, 0.717) is 17.6 Å². The largest absolute Gasteiger partial charge is 0.309 e. The summed E-state index contributed by atoms with van der Waals surface area (Å²) in [6.07, 6.45) is 12.2. The normalized spacial score (nSPS) is 17.5. The second kappa shape index (κ2) is 13.3. The van der Waals surface area contributed by atoms with Gasteiger partial charge in [-0.1, -0.05) is 154 Å². The van der Waals surface area contributed by atoms with Gasteiger partial charge in [0.1, 0.15) is 0 Å². The van der Waals surface area contributed by atoms with Gasteiger partial charge in [-0.05, 0) is 84.3 Å². The molecule has 7 aromatic rings. The highest BCUT2D eigenvalue weighted by Gasteiger charge is 2.46. The maximum Gasteiger partial charge on any atom is 0.238 e. The zero-order valence-electron chi connectivity index (χ0n) is 31.7. The summed E-state index contributed by atoms with van der Waals surface area (Å²) >= 11 is 0. The molecule has 274 valence electrons. The lowest BCUT2D eigenvalue weighted by Crippen LogP contribution is -2.37. The first-order valence-electron chi connectivity index (χ1n) is 20.6. The molecule has 6 aromatic carbocycles. The van der Waals surface area contributed by atoms with Crippen LogP contribution in [0.3, 0.4) is 0 Å². The molecule has 0 bridgehead atoms. The van der Waals surface area contributed by atoms with Gasteiger partial charge in [-0.15, -0.1) is 0 Å². The predicted octanol–water partition coefficient (Wildman–Crippen LogP) is 13.3. The molecule has 2 fully saturated rings. The number of para-hydroxylation sites is 5. The molecular weight excluding hydrogens is 683 g/mol. The van der Waals surface area contributed by atoms with E-state index in [-0.39, 0.29) is 10.8 Å². The van der Waals surface area contributed by atoms with Gasteiger partial charge in [0.25, 0.3) is 0 Å². The molecule has 11 rings (SSSR count). The van der Waals surface area contributed by atoms with E-state index in [9.17, 15) is 0 Å². The van der Waals surface area contributed by atoms with Crippen molar-refractivity contribution in [2.75, 3.05) is 9.80 Å². The number of fused-ring (bicyclic) bond motifs is 8. The molecular formula is C51H45N5. The van der Waals surface area contributed by atoms with Crippen molar-refractivity contribution in [3.8, 4) is 22.8 Å². The molecule has 0 amide bonds. The van der Waals surface area contributed by atoms with E-state index >= 15 is 0 Å². The number of hydrogen-bond donors (Lipinski definition) is 0. The minimum absolute atomic E-state index is 0.0163. The number of hydrogen-bond acceptors (Lipinski definition) is 5. The highest BCUT2D eigenvalue weighted by Crippen LogP contribution is 2.59. The Hall–Kier alpha value is -6.07. The van der Waals surface area contributed by atoms with Crippen LogP contribution in [0.1, 0.15) is 86.5 Å². The van der Waals surface area contributed by atoms with Crippen LogP contribution in [0.2, 0.25) is 0 Å². The van der Waals surface area contributed by atoms with Gasteiger partial charge >= 0.3 is 0 Å². The molecule has 0 radical (unpaired) electrons. The summed E-state index contributed by atoms with van der Waals surface area (Å²) in [4.78, 5) is 21.0. The van der Waals surface area contributed by atoms with E-state index in [1.165, 1.54) is 85.0 Å². The SMILES string of the molecule is c1ccc(-c2nc(-c3ccccc3N3c4ccccc4C4(CCCCC4)c4ccccc43)nc(N3c4ccccc4C4(CCCCC4)c4ccccc43)n2)cc1. The Balaban J connectivity index is 1.14. The summed E-state index contributed by atoms with van der Waals surface area (Å²) in [6.45, 7) is 0. The van der Waals surface area contributed by atoms with Crippen LogP contribution in [0.4, 0.5) is 34.4 Å². The Kier molecular flexibility index (Phi) is 7.91. The standard InChI is InChI=1S/C51H45N5/c1-4-20-36(21-5-1)47-52-48(54-49(53-47)56-45-30-14-9-25-40(45)51(34-18-3-19-35-51)41-26-10-15-31-46(41)56)37-22-6-11-27-42(37)55-43-28-12-7-23-38(43)50(32-16-2-17-33-50)39-24-8-13-29-44(39)55/h1,4-15,20-31H,2-3,16-19,32-35H2. The van der Waals surface area contributed by atoms with Crippen LogP contribution in [-0.4, -0.2) is 15.0 Å². The molecule has 0 unspecified atom stereocenters. The van der Waals surface area contributed by atoms with Crippen LogP contribution in [0.15, 0.2) is 152 Å². The van der Waals surface area contributed by atoms with Crippen LogP contribution in [0, 0.1) is 0 Å². The minimum Gasteiger partial charge on any atom is -0.309 e. The van der Waals surface area contributed by atoms with Crippen molar-refractivity contribution in [2.45, 2.75) is 75.0 Å². The second-order valence-corrected chi connectivity index (χ2v) is 16.2. The van der Waals surface area contributed by atoms with Gasteiger partial charge < -0.3 is 4.90 Å².